The standard InChI is InChI=1S/C19H28N2O4/c1-14(22)20-16-5-3-15(4-6-16)11-21-9-7-19(8-10-21)13-18(2,24)17(23)12-25-19/h3-6,17,23-24H,7-13H2,1-2H3,(H,20,22)/t17-,18-/m0/s1. The van der Waals surface area contributed by atoms with Gasteiger partial charge in [-0.05, 0) is 37.5 Å². The lowest BCUT2D eigenvalue weighted by molar-refractivity contribution is -0.223. The minimum Gasteiger partial charge on any atom is -0.388 e. The Labute approximate surface area is 148 Å². The zero-order valence-electron chi connectivity index (χ0n) is 15.0. The van der Waals surface area contributed by atoms with E-state index in [1.165, 1.54) is 12.5 Å². The maximum atomic E-state index is 11.1. The third kappa shape index (κ3) is 4.39. The number of hydrogen-bond donors (Lipinski definition) is 3. The highest BCUT2D eigenvalue weighted by molar-refractivity contribution is 5.88. The van der Waals surface area contributed by atoms with Gasteiger partial charge in [-0.2, -0.15) is 0 Å². The first-order chi connectivity index (χ1) is 11.8. The van der Waals surface area contributed by atoms with Gasteiger partial charge in [-0.3, -0.25) is 9.69 Å². The molecule has 1 aromatic rings. The summed E-state index contributed by atoms with van der Waals surface area (Å²) in [7, 11) is 0. The number of likely N-dealkylation sites (tertiary alicyclic amines) is 1. The summed E-state index contributed by atoms with van der Waals surface area (Å²) in [5.41, 5.74) is 0.635. The Hall–Kier alpha value is -1.47. The van der Waals surface area contributed by atoms with E-state index in [2.05, 4.69) is 10.2 Å². The summed E-state index contributed by atoms with van der Waals surface area (Å²) < 4.78 is 5.93. The number of carbonyl (C=O) groups excluding carboxylic acids is 1. The molecule has 1 spiro atoms. The van der Waals surface area contributed by atoms with Crippen molar-refractivity contribution < 1.29 is 19.7 Å². The quantitative estimate of drug-likeness (QED) is 0.771. The van der Waals surface area contributed by atoms with Gasteiger partial charge in [-0.15, -0.1) is 0 Å². The van der Waals surface area contributed by atoms with Crippen LogP contribution in [0.5, 0.6) is 0 Å². The van der Waals surface area contributed by atoms with Gasteiger partial charge < -0.3 is 20.3 Å². The first kappa shape index (κ1) is 18.3. The third-order valence-electron chi connectivity index (χ3n) is 5.39. The predicted molar refractivity (Wildman–Crippen MR) is 95.2 cm³/mol. The Morgan fingerprint density at radius 3 is 2.52 bits per heavy atom. The van der Waals surface area contributed by atoms with Crippen LogP contribution in [0.15, 0.2) is 24.3 Å². The molecule has 1 aromatic carbocycles. The monoisotopic (exact) mass is 348 g/mol. The molecule has 2 heterocycles. The molecule has 2 fully saturated rings. The fourth-order valence-electron chi connectivity index (χ4n) is 3.85. The molecular weight excluding hydrogens is 320 g/mol. The van der Waals surface area contributed by atoms with Gasteiger partial charge in [0.2, 0.25) is 5.91 Å². The van der Waals surface area contributed by atoms with Gasteiger partial charge in [0, 0.05) is 38.7 Å². The maximum absolute atomic E-state index is 11.1. The van der Waals surface area contributed by atoms with Crippen molar-refractivity contribution in [1.29, 1.82) is 0 Å². The number of carbonyl (C=O) groups is 1. The molecular formula is C19H28N2O4. The van der Waals surface area contributed by atoms with Gasteiger partial charge in [-0.25, -0.2) is 0 Å². The van der Waals surface area contributed by atoms with Gasteiger partial charge in [0.1, 0.15) is 6.10 Å². The number of anilines is 1. The SMILES string of the molecule is CC(=O)Nc1ccc(CN2CCC3(CC2)C[C@](C)(O)[C@@H](O)CO3)cc1. The number of aliphatic hydroxyl groups excluding tert-OH is 1. The summed E-state index contributed by atoms with van der Waals surface area (Å²) in [5, 5.41) is 23.0. The fourth-order valence-corrected chi connectivity index (χ4v) is 3.85. The van der Waals surface area contributed by atoms with Crippen LogP contribution in [0.3, 0.4) is 0 Å². The average Bonchev–Trinajstić information content (AvgIpc) is 2.55. The zero-order chi connectivity index (χ0) is 18.1. The second kappa shape index (κ2) is 7.03. The van der Waals surface area contributed by atoms with E-state index < -0.39 is 11.7 Å². The first-order valence-electron chi connectivity index (χ1n) is 8.91. The molecule has 0 aliphatic carbocycles. The molecule has 6 heteroatoms. The second-order valence-corrected chi connectivity index (χ2v) is 7.70. The summed E-state index contributed by atoms with van der Waals surface area (Å²) >= 11 is 0. The Balaban J connectivity index is 1.53. The molecule has 2 atom stereocenters. The lowest BCUT2D eigenvalue weighted by Gasteiger charge is -2.50. The minimum atomic E-state index is -1.07. The summed E-state index contributed by atoms with van der Waals surface area (Å²) in [6, 6.07) is 7.91. The largest absolute Gasteiger partial charge is 0.388 e. The molecule has 3 N–H and O–H groups in total. The Morgan fingerprint density at radius 1 is 1.32 bits per heavy atom. The lowest BCUT2D eigenvalue weighted by atomic mass is 9.76. The Kier molecular flexibility index (Phi) is 5.16. The molecule has 25 heavy (non-hydrogen) atoms. The fraction of sp³-hybridized carbons (Fsp3) is 0.632. The van der Waals surface area contributed by atoms with E-state index in [1.54, 1.807) is 6.92 Å². The van der Waals surface area contributed by atoms with Gasteiger partial charge in [0.25, 0.3) is 0 Å². The molecule has 0 aromatic heterocycles. The molecule has 0 unspecified atom stereocenters. The van der Waals surface area contributed by atoms with Gasteiger partial charge in [-0.1, -0.05) is 12.1 Å². The first-order valence-corrected chi connectivity index (χ1v) is 8.91. The van der Waals surface area contributed by atoms with E-state index in [-0.39, 0.29) is 18.1 Å². The van der Waals surface area contributed by atoms with Gasteiger partial charge in [0.15, 0.2) is 0 Å². The van der Waals surface area contributed by atoms with E-state index in [4.69, 9.17) is 4.74 Å². The molecule has 1 amide bonds. The number of aliphatic hydroxyl groups is 2. The van der Waals surface area contributed by atoms with Crippen molar-refractivity contribution in [3.63, 3.8) is 0 Å². The van der Waals surface area contributed by atoms with Crippen molar-refractivity contribution in [2.75, 3.05) is 25.0 Å². The van der Waals surface area contributed by atoms with Crippen LogP contribution in [-0.2, 0) is 16.1 Å². The lowest BCUT2D eigenvalue weighted by Crippen LogP contribution is -2.59. The molecule has 2 aliphatic rings. The van der Waals surface area contributed by atoms with Crippen LogP contribution in [0, 0.1) is 0 Å². The molecule has 2 saturated heterocycles. The molecule has 0 radical (unpaired) electrons. The van der Waals surface area contributed by atoms with Crippen molar-refractivity contribution in [3.05, 3.63) is 29.8 Å². The second-order valence-electron chi connectivity index (χ2n) is 7.70. The summed E-state index contributed by atoms with van der Waals surface area (Å²) in [4.78, 5) is 13.4. The Morgan fingerprint density at radius 2 is 1.96 bits per heavy atom. The normalized spacial score (nSPS) is 29.5. The number of piperidine rings is 1. The number of hydrogen-bond acceptors (Lipinski definition) is 5. The van der Waals surface area contributed by atoms with E-state index in [0.29, 0.717) is 6.42 Å². The third-order valence-corrected chi connectivity index (χ3v) is 5.39. The van der Waals surface area contributed by atoms with Crippen molar-refractivity contribution in [2.45, 2.75) is 57.0 Å². The minimum absolute atomic E-state index is 0.0671. The topological polar surface area (TPSA) is 82.0 Å². The molecule has 6 nitrogen and oxygen atoms in total. The summed E-state index contributed by atoms with van der Waals surface area (Å²) in [6.07, 6.45) is 1.40. The molecule has 138 valence electrons. The van der Waals surface area contributed by atoms with Crippen LogP contribution in [0.1, 0.15) is 38.7 Å². The van der Waals surface area contributed by atoms with Crippen LogP contribution < -0.4 is 5.32 Å². The van der Waals surface area contributed by atoms with Crippen LogP contribution in [-0.4, -0.2) is 58.0 Å². The predicted octanol–water partition coefficient (Wildman–Crippen LogP) is 1.51. The van der Waals surface area contributed by atoms with Crippen LogP contribution in [0.25, 0.3) is 0 Å². The Bertz CT molecular complexity index is 606. The average molecular weight is 348 g/mol. The number of nitrogens with one attached hydrogen (secondary N) is 1. The highest BCUT2D eigenvalue weighted by Crippen LogP contribution is 2.39. The van der Waals surface area contributed by atoms with E-state index in [1.807, 2.05) is 24.3 Å². The highest BCUT2D eigenvalue weighted by Gasteiger charge is 2.48. The zero-order valence-corrected chi connectivity index (χ0v) is 15.0. The molecule has 0 saturated carbocycles. The molecule has 0 bridgehead atoms. The van der Waals surface area contributed by atoms with Crippen LogP contribution in [0.4, 0.5) is 5.69 Å². The number of ether oxygens (including phenoxy) is 1. The van der Waals surface area contributed by atoms with Crippen molar-refractivity contribution >= 4 is 11.6 Å². The van der Waals surface area contributed by atoms with Gasteiger partial charge in [0.05, 0.1) is 17.8 Å². The van der Waals surface area contributed by atoms with Gasteiger partial charge >= 0.3 is 0 Å². The number of nitrogens with zero attached hydrogens (tertiary/aromatic N) is 1. The van der Waals surface area contributed by atoms with Crippen LogP contribution in [0.2, 0.25) is 0 Å². The molecule has 2 aliphatic heterocycles. The van der Waals surface area contributed by atoms with E-state index in [9.17, 15) is 15.0 Å². The smallest absolute Gasteiger partial charge is 0.221 e. The summed E-state index contributed by atoms with van der Waals surface area (Å²) in [6.45, 7) is 6.07. The number of amides is 1. The van der Waals surface area contributed by atoms with Crippen LogP contribution >= 0.6 is 0 Å². The van der Waals surface area contributed by atoms with Crippen molar-refractivity contribution in [1.82, 2.24) is 4.90 Å². The maximum Gasteiger partial charge on any atom is 0.221 e. The van der Waals surface area contributed by atoms with Crippen molar-refractivity contribution in [3.8, 4) is 0 Å². The molecule has 3 rings (SSSR count). The van der Waals surface area contributed by atoms with E-state index >= 15 is 0 Å². The van der Waals surface area contributed by atoms with E-state index in [0.717, 1.165) is 38.2 Å². The summed E-state index contributed by atoms with van der Waals surface area (Å²) in [5.74, 6) is -0.0671. The van der Waals surface area contributed by atoms with Crippen molar-refractivity contribution in [2.24, 2.45) is 0 Å². The highest BCUT2D eigenvalue weighted by atomic mass is 16.5. The number of rotatable bonds is 3. The number of benzene rings is 1.